The molecule has 1 unspecified atom stereocenters. The van der Waals surface area contributed by atoms with Crippen molar-refractivity contribution in [3.8, 4) is 0 Å². The Kier molecular flexibility index (Phi) is 4.30. The number of amides is 1. The Labute approximate surface area is 118 Å². The molecule has 100 valence electrons. The first-order valence-electron chi connectivity index (χ1n) is 6.37. The summed E-state index contributed by atoms with van der Waals surface area (Å²) in [4.78, 5) is 12.9. The van der Waals surface area contributed by atoms with E-state index in [1.165, 1.54) is 31.2 Å². The van der Waals surface area contributed by atoms with E-state index in [0.29, 0.717) is 18.4 Å². The Balaban J connectivity index is 0.00000120. The van der Waals surface area contributed by atoms with Gasteiger partial charge in [-0.3, -0.25) is 4.79 Å². The van der Waals surface area contributed by atoms with Crippen molar-refractivity contribution in [1.29, 1.82) is 0 Å². The lowest BCUT2D eigenvalue weighted by Gasteiger charge is -2.11. The van der Waals surface area contributed by atoms with Gasteiger partial charge in [0.05, 0.1) is 4.88 Å². The molecule has 1 atom stereocenters. The van der Waals surface area contributed by atoms with Gasteiger partial charge in [0.25, 0.3) is 5.91 Å². The van der Waals surface area contributed by atoms with Gasteiger partial charge < -0.3 is 11.1 Å². The normalized spacial score (nSPS) is 20.1. The highest BCUT2D eigenvalue weighted by atomic mass is 35.5. The number of nitrogens with one attached hydrogen (secondary N) is 1. The van der Waals surface area contributed by atoms with Gasteiger partial charge in [-0.15, -0.1) is 23.7 Å². The van der Waals surface area contributed by atoms with Gasteiger partial charge in [-0.2, -0.15) is 0 Å². The van der Waals surface area contributed by atoms with Crippen LogP contribution in [0.15, 0.2) is 11.4 Å². The summed E-state index contributed by atoms with van der Waals surface area (Å²) in [5.41, 5.74) is 7.22. The summed E-state index contributed by atoms with van der Waals surface area (Å²) in [6.45, 7) is 0.617. The lowest BCUT2D eigenvalue weighted by atomic mass is 10.1. The molecule has 2 aliphatic carbocycles. The van der Waals surface area contributed by atoms with Crippen LogP contribution in [0.2, 0.25) is 0 Å². The van der Waals surface area contributed by atoms with Crippen LogP contribution in [0.25, 0.3) is 0 Å². The van der Waals surface area contributed by atoms with E-state index in [-0.39, 0.29) is 24.4 Å². The van der Waals surface area contributed by atoms with Gasteiger partial charge in [-0.1, -0.05) is 0 Å². The molecule has 2 saturated carbocycles. The monoisotopic (exact) mass is 286 g/mol. The molecule has 3 N–H and O–H groups in total. The van der Waals surface area contributed by atoms with E-state index in [2.05, 4.69) is 11.4 Å². The molecule has 0 spiro atoms. The van der Waals surface area contributed by atoms with Gasteiger partial charge >= 0.3 is 0 Å². The Morgan fingerprint density at radius 1 is 1.44 bits per heavy atom. The molecule has 0 radical (unpaired) electrons. The van der Waals surface area contributed by atoms with Crippen molar-refractivity contribution in [3.63, 3.8) is 0 Å². The van der Waals surface area contributed by atoms with Crippen LogP contribution in [0.3, 0.4) is 0 Å². The molecule has 0 saturated heterocycles. The average Bonchev–Trinajstić information content (AvgIpc) is 3.23. The molecular formula is C13H19ClN2OS. The highest BCUT2D eigenvalue weighted by Crippen LogP contribution is 2.43. The fourth-order valence-corrected chi connectivity index (χ4v) is 3.10. The first kappa shape index (κ1) is 13.8. The molecule has 3 rings (SSSR count). The highest BCUT2D eigenvalue weighted by Gasteiger charge is 2.30. The van der Waals surface area contributed by atoms with Crippen LogP contribution in [-0.2, 0) is 0 Å². The molecule has 18 heavy (non-hydrogen) atoms. The average molecular weight is 287 g/mol. The standard InChI is InChI=1S/C13H18N2OS.ClH/c14-11(9-3-4-9)7-15-13(16)12-10(5-6-17-12)8-1-2-8;/h5-6,8-9,11H,1-4,7,14H2,(H,15,16);1H. The topological polar surface area (TPSA) is 55.1 Å². The first-order valence-corrected chi connectivity index (χ1v) is 7.25. The van der Waals surface area contributed by atoms with Crippen molar-refractivity contribution >= 4 is 29.7 Å². The van der Waals surface area contributed by atoms with Gasteiger partial charge in [-0.25, -0.2) is 0 Å². The van der Waals surface area contributed by atoms with Gasteiger partial charge in [0.2, 0.25) is 0 Å². The molecule has 1 aromatic heterocycles. The number of thiophene rings is 1. The first-order chi connectivity index (χ1) is 8.25. The summed E-state index contributed by atoms with van der Waals surface area (Å²) in [5, 5.41) is 4.99. The Bertz CT molecular complexity index is 426. The molecule has 1 amide bonds. The molecule has 1 aromatic rings. The van der Waals surface area contributed by atoms with Crippen molar-refractivity contribution < 1.29 is 4.79 Å². The highest BCUT2D eigenvalue weighted by molar-refractivity contribution is 7.12. The van der Waals surface area contributed by atoms with Crippen LogP contribution in [0, 0.1) is 5.92 Å². The number of carbonyl (C=O) groups is 1. The SMILES string of the molecule is Cl.NC(CNC(=O)c1sccc1C1CC1)C1CC1. The zero-order valence-electron chi connectivity index (χ0n) is 10.2. The van der Waals surface area contributed by atoms with E-state index in [1.54, 1.807) is 11.3 Å². The predicted octanol–water partition coefficient (Wildman–Crippen LogP) is 2.51. The molecule has 0 bridgehead atoms. The number of carbonyl (C=O) groups excluding carboxylic acids is 1. The van der Waals surface area contributed by atoms with E-state index in [4.69, 9.17) is 5.73 Å². The van der Waals surface area contributed by atoms with Gasteiger partial charge in [-0.05, 0) is 54.5 Å². The second-order valence-electron chi connectivity index (χ2n) is 5.19. The maximum atomic E-state index is 12.1. The van der Waals surface area contributed by atoms with E-state index in [9.17, 15) is 4.79 Å². The van der Waals surface area contributed by atoms with Gasteiger partial charge in [0.15, 0.2) is 0 Å². The van der Waals surface area contributed by atoms with Crippen LogP contribution < -0.4 is 11.1 Å². The van der Waals surface area contributed by atoms with Crippen molar-refractivity contribution in [2.45, 2.75) is 37.6 Å². The molecular weight excluding hydrogens is 268 g/mol. The lowest BCUT2D eigenvalue weighted by Crippen LogP contribution is -2.38. The van der Waals surface area contributed by atoms with E-state index in [0.717, 1.165) is 4.88 Å². The second kappa shape index (κ2) is 5.59. The zero-order valence-corrected chi connectivity index (χ0v) is 11.9. The van der Waals surface area contributed by atoms with E-state index < -0.39 is 0 Å². The van der Waals surface area contributed by atoms with Crippen molar-refractivity contribution in [2.75, 3.05) is 6.54 Å². The van der Waals surface area contributed by atoms with E-state index >= 15 is 0 Å². The van der Waals surface area contributed by atoms with Crippen molar-refractivity contribution in [2.24, 2.45) is 11.7 Å². The van der Waals surface area contributed by atoms with Crippen LogP contribution in [0.4, 0.5) is 0 Å². The summed E-state index contributed by atoms with van der Waals surface area (Å²) in [5.74, 6) is 1.35. The number of rotatable bonds is 5. The lowest BCUT2D eigenvalue weighted by molar-refractivity contribution is 0.0953. The maximum absolute atomic E-state index is 12.1. The Morgan fingerprint density at radius 2 is 2.17 bits per heavy atom. The number of halogens is 1. The Hall–Kier alpha value is -0.580. The fraction of sp³-hybridized carbons (Fsp3) is 0.615. The summed E-state index contributed by atoms with van der Waals surface area (Å²) in [6, 6.07) is 2.24. The number of hydrogen-bond donors (Lipinski definition) is 2. The molecule has 3 nitrogen and oxygen atoms in total. The number of hydrogen-bond acceptors (Lipinski definition) is 3. The second-order valence-corrected chi connectivity index (χ2v) is 6.11. The zero-order chi connectivity index (χ0) is 11.8. The fourth-order valence-electron chi connectivity index (χ4n) is 2.20. The van der Waals surface area contributed by atoms with Gasteiger partial charge in [0.1, 0.15) is 0 Å². The molecule has 0 aliphatic heterocycles. The van der Waals surface area contributed by atoms with Crippen LogP contribution >= 0.6 is 23.7 Å². The number of nitrogens with two attached hydrogens (primary N) is 1. The Morgan fingerprint density at radius 3 is 2.78 bits per heavy atom. The quantitative estimate of drug-likeness (QED) is 0.874. The molecule has 1 heterocycles. The summed E-state index contributed by atoms with van der Waals surface area (Å²) < 4.78 is 0. The summed E-state index contributed by atoms with van der Waals surface area (Å²) in [7, 11) is 0. The summed E-state index contributed by atoms with van der Waals surface area (Å²) in [6.07, 6.45) is 4.92. The summed E-state index contributed by atoms with van der Waals surface area (Å²) >= 11 is 1.55. The third-order valence-corrected chi connectivity index (χ3v) is 4.57. The van der Waals surface area contributed by atoms with Crippen molar-refractivity contribution in [3.05, 3.63) is 21.9 Å². The van der Waals surface area contributed by atoms with E-state index in [1.807, 2.05) is 5.38 Å². The third kappa shape index (κ3) is 3.05. The van der Waals surface area contributed by atoms with Crippen LogP contribution in [0.1, 0.15) is 46.8 Å². The smallest absolute Gasteiger partial charge is 0.261 e. The van der Waals surface area contributed by atoms with Crippen LogP contribution in [0.5, 0.6) is 0 Å². The predicted molar refractivity (Wildman–Crippen MR) is 76.6 cm³/mol. The molecule has 2 aliphatic rings. The minimum atomic E-state index is 0. The minimum Gasteiger partial charge on any atom is -0.350 e. The maximum Gasteiger partial charge on any atom is 0.261 e. The molecule has 2 fully saturated rings. The third-order valence-electron chi connectivity index (χ3n) is 3.64. The largest absolute Gasteiger partial charge is 0.350 e. The molecule has 0 aromatic carbocycles. The van der Waals surface area contributed by atoms with Crippen LogP contribution in [-0.4, -0.2) is 18.5 Å². The molecule has 5 heteroatoms. The van der Waals surface area contributed by atoms with Gasteiger partial charge in [0, 0.05) is 12.6 Å². The minimum absolute atomic E-state index is 0. The van der Waals surface area contributed by atoms with Crippen molar-refractivity contribution in [1.82, 2.24) is 5.32 Å².